The van der Waals surface area contributed by atoms with Crippen molar-refractivity contribution in [3.8, 4) is 0 Å². The predicted octanol–water partition coefficient (Wildman–Crippen LogP) is 3.97. The van der Waals surface area contributed by atoms with E-state index in [9.17, 15) is 0 Å². The molecule has 1 aromatic rings. The van der Waals surface area contributed by atoms with Crippen molar-refractivity contribution in [3.63, 3.8) is 0 Å². The molecular formula is C17H25ClN2. The number of hydrogen-bond acceptors (Lipinski definition) is 2. The molecule has 2 nitrogen and oxygen atoms in total. The SMILES string of the molecule is C=CCN(CC=C)C(C)C(N)(CC)c1ccc(Cl)cc1. The fraction of sp³-hybridized carbons (Fsp3) is 0.412. The molecule has 3 heteroatoms. The maximum atomic E-state index is 6.72. The maximum absolute atomic E-state index is 6.72. The first-order chi connectivity index (χ1) is 9.49. The minimum atomic E-state index is -0.420. The molecule has 1 aromatic carbocycles. The van der Waals surface area contributed by atoms with E-state index in [1.165, 1.54) is 0 Å². The third kappa shape index (κ3) is 3.72. The van der Waals surface area contributed by atoms with Crippen LogP contribution in [0.15, 0.2) is 49.6 Å². The Labute approximate surface area is 127 Å². The Morgan fingerprint density at radius 1 is 1.25 bits per heavy atom. The standard InChI is InChI=1S/C17H25ClN2/c1-5-12-20(13-6-2)14(4)17(19,7-3)15-8-10-16(18)11-9-15/h5-6,8-11,14H,1-2,7,12-13,19H2,3-4H3. The Morgan fingerprint density at radius 2 is 1.75 bits per heavy atom. The highest BCUT2D eigenvalue weighted by Crippen LogP contribution is 2.30. The largest absolute Gasteiger partial charge is 0.320 e. The van der Waals surface area contributed by atoms with Crippen LogP contribution in [0.2, 0.25) is 5.02 Å². The molecule has 0 aromatic heterocycles. The first-order valence-corrected chi connectivity index (χ1v) is 7.38. The Hall–Kier alpha value is -1.09. The third-order valence-corrected chi connectivity index (χ3v) is 4.24. The van der Waals surface area contributed by atoms with E-state index >= 15 is 0 Å². The lowest BCUT2D eigenvalue weighted by Gasteiger charge is -2.41. The molecule has 0 bridgehead atoms. The van der Waals surface area contributed by atoms with E-state index in [2.05, 4.69) is 31.9 Å². The average Bonchev–Trinajstić information content (AvgIpc) is 2.46. The predicted molar refractivity (Wildman–Crippen MR) is 89.0 cm³/mol. The van der Waals surface area contributed by atoms with E-state index < -0.39 is 5.54 Å². The van der Waals surface area contributed by atoms with Gasteiger partial charge in [-0.25, -0.2) is 0 Å². The van der Waals surface area contributed by atoms with Gasteiger partial charge in [0.15, 0.2) is 0 Å². The zero-order chi connectivity index (χ0) is 15.2. The van der Waals surface area contributed by atoms with E-state index in [-0.39, 0.29) is 6.04 Å². The third-order valence-electron chi connectivity index (χ3n) is 3.99. The summed E-state index contributed by atoms with van der Waals surface area (Å²) in [6, 6.07) is 7.99. The lowest BCUT2D eigenvalue weighted by atomic mass is 9.81. The lowest BCUT2D eigenvalue weighted by Crippen LogP contribution is -2.54. The Morgan fingerprint density at radius 3 is 2.15 bits per heavy atom. The number of rotatable bonds is 8. The van der Waals surface area contributed by atoms with Crippen LogP contribution in [0.3, 0.4) is 0 Å². The van der Waals surface area contributed by atoms with Crippen LogP contribution in [0.5, 0.6) is 0 Å². The zero-order valence-corrected chi connectivity index (χ0v) is 13.2. The second kappa shape index (κ2) is 7.63. The quantitative estimate of drug-likeness (QED) is 0.735. The van der Waals surface area contributed by atoms with Gasteiger partial charge >= 0.3 is 0 Å². The Balaban J connectivity index is 3.09. The van der Waals surface area contributed by atoms with Gasteiger partial charge in [-0.3, -0.25) is 4.90 Å². The summed E-state index contributed by atoms with van der Waals surface area (Å²) >= 11 is 5.97. The zero-order valence-electron chi connectivity index (χ0n) is 12.5. The molecule has 2 N–H and O–H groups in total. The highest BCUT2D eigenvalue weighted by atomic mass is 35.5. The van der Waals surface area contributed by atoms with E-state index in [0.29, 0.717) is 0 Å². The molecule has 0 amide bonds. The van der Waals surface area contributed by atoms with Gasteiger partial charge in [-0.1, -0.05) is 42.8 Å². The van der Waals surface area contributed by atoms with Gasteiger partial charge in [-0.2, -0.15) is 0 Å². The first kappa shape index (κ1) is 17.0. The molecular weight excluding hydrogens is 268 g/mol. The van der Waals surface area contributed by atoms with Crippen molar-refractivity contribution in [2.75, 3.05) is 13.1 Å². The number of hydrogen-bond donors (Lipinski definition) is 1. The maximum Gasteiger partial charge on any atom is 0.0562 e. The minimum Gasteiger partial charge on any atom is -0.320 e. The summed E-state index contributed by atoms with van der Waals surface area (Å²) in [6.07, 6.45) is 4.65. The Kier molecular flexibility index (Phi) is 6.47. The molecule has 110 valence electrons. The van der Waals surface area contributed by atoms with E-state index in [1.54, 1.807) is 0 Å². The topological polar surface area (TPSA) is 29.3 Å². The van der Waals surface area contributed by atoms with Crippen molar-refractivity contribution in [3.05, 3.63) is 60.2 Å². The van der Waals surface area contributed by atoms with Crippen LogP contribution in [-0.2, 0) is 5.54 Å². The van der Waals surface area contributed by atoms with Crippen LogP contribution in [0.25, 0.3) is 0 Å². The highest BCUT2D eigenvalue weighted by Gasteiger charge is 2.35. The molecule has 0 aliphatic carbocycles. The number of benzene rings is 1. The van der Waals surface area contributed by atoms with Crippen molar-refractivity contribution < 1.29 is 0 Å². The van der Waals surface area contributed by atoms with Gasteiger partial charge < -0.3 is 5.73 Å². The van der Waals surface area contributed by atoms with E-state index in [1.807, 2.05) is 36.4 Å². The van der Waals surface area contributed by atoms with Crippen LogP contribution in [0.1, 0.15) is 25.8 Å². The van der Waals surface area contributed by atoms with Gasteiger partial charge in [0.2, 0.25) is 0 Å². The van der Waals surface area contributed by atoms with Crippen molar-refractivity contribution in [1.29, 1.82) is 0 Å². The summed E-state index contributed by atoms with van der Waals surface area (Å²) in [5.41, 5.74) is 7.41. The summed E-state index contributed by atoms with van der Waals surface area (Å²) in [4.78, 5) is 2.28. The molecule has 0 heterocycles. The van der Waals surface area contributed by atoms with Crippen LogP contribution in [-0.4, -0.2) is 24.0 Å². The van der Waals surface area contributed by atoms with Crippen molar-refractivity contribution >= 4 is 11.6 Å². The molecule has 0 fully saturated rings. The monoisotopic (exact) mass is 292 g/mol. The van der Waals surface area contributed by atoms with Crippen molar-refractivity contribution in [2.24, 2.45) is 5.73 Å². The average molecular weight is 293 g/mol. The molecule has 0 spiro atoms. The van der Waals surface area contributed by atoms with Crippen molar-refractivity contribution in [2.45, 2.75) is 31.8 Å². The van der Waals surface area contributed by atoms with Gasteiger partial charge in [-0.15, -0.1) is 13.2 Å². The van der Waals surface area contributed by atoms with Crippen LogP contribution in [0.4, 0.5) is 0 Å². The van der Waals surface area contributed by atoms with Gasteiger partial charge in [0.1, 0.15) is 0 Å². The molecule has 0 saturated carbocycles. The van der Waals surface area contributed by atoms with E-state index in [4.69, 9.17) is 17.3 Å². The van der Waals surface area contributed by atoms with Gasteiger partial charge in [0.25, 0.3) is 0 Å². The van der Waals surface area contributed by atoms with Gasteiger partial charge in [-0.05, 0) is 31.0 Å². The number of halogens is 1. The van der Waals surface area contributed by atoms with Crippen LogP contribution >= 0.6 is 11.6 Å². The molecule has 2 atom stereocenters. The fourth-order valence-electron chi connectivity index (χ4n) is 2.55. The number of nitrogens with zero attached hydrogens (tertiary/aromatic N) is 1. The molecule has 0 saturated heterocycles. The summed E-state index contributed by atoms with van der Waals surface area (Å²) in [5, 5.41) is 0.730. The molecule has 20 heavy (non-hydrogen) atoms. The van der Waals surface area contributed by atoms with Crippen LogP contribution in [0, 0.1) is 0 Å². The summed E-state index contributed by atoms with van der Waals surface area (Å²) in [5.74, 6) is 0. The second-order valence-electron chi connectivity index (χ2n) is 5.11. The summed E-state index contributed by atoms with van der Waals surface area (Å²) in [7, 11) is 0. The smallest absolute Gasteiger partial charge is 0.0562 e. The van der Waals surface area contributed by atoms with Gasteiger partial charge in [0, 0.05) is 24.2 Å². The van der Waals surface area contributed by atoms with Gasteiger partial charge in [0.05, 0.1) is 5.54 Å². The molecule has 2 unspecified atom stereocenters. The number of nitrogens with two attached hydrogens (primary N) is 1. The van der Waals surface area contributed by atoms with Crippen molar-refractivity contribution in [1.82, 2.24) is 4.90 Å². The highest BCUT2D eigenvalue weighted by molar-refractivity contribution is 6.30. The minimum absolute atomic E-state index is 0.171. The second-order valence-corrected chi connectivity index (χ2v) is 5.54. The molecule has 1 rings (SSSR count). The molecule has 0 aliphatic heterocycles. The fourth-order valence-corrected chi connectivity index (χ4v) is 2.68. The first-order valence-electron chi connectivity index (χ1n) is 7.00. The summed E-state index contributed by atoms with van der Waals surface area (Å²) in [6.45, 7) is 13.5. The Bertz CT molecular complexity index is 431. The molecule has 0 radical (unpaired) electrons. The summed E-state index contributed by atoms with van der Waals surface area (Å²) < 4.78 is 0. The lowest BCUT2D eigenvalue weighted by molar-refractivity contribution is 0.154. The molecule has 0 aliphatic rings. The van der Waals surface area contributed by atoms with Crippen LogP contribution < -0.4 is 5.73 Å². The van der Waals surface area contributed by atoms with E-state index in [0.717, 1.165) is 30.1 Å². The normalized spacial score (nSPS) is 15.7.